The Balaban J connectivity index is 1.46. The zero-order valence-electron chi connectivity index (χ0n) is 18.9. The Kier molecular flexibility index (Phi) is 6.15. The summed E-state index contributed by atoms with van der Waals surface area (Å²) in [6.07, 6.45) is 0.628. The Bertz CT molecular complexity index is 1450. The van der Waals surface area contributed by atoms with Gasteiger partial charge in [-0.1, -0.05) is 33.3 Å². The maximum Gasteiger partial charge on any atom is 0.406 e. The molecule has 0 aliphatic carbocycles. The van der Waals surface area contributed by atoms with Gasteiger partial charge in [-0.3, -0.25) is 4.79 Å². The minimum absolute atomic E-state index is 0.210. The number of aryl methyl sites for hydroxylation is 1. The minimum Gasteiger partial charge on any atom is -0.303 e. The average molecular weight is 563 g/mol. The molecule has 1 atom stereocenters. The van der Waals surface area contributed by atoms with Crippen LogP contribution < -0.4 is 4.90 Å². The standard InChI is InChI=1S/C24H19BrF4N6O/c1-14-10-33(13-30-14)21-7-5-15(9-18(21)26)19-11-35(32-31-19)22-8-6-16-17(25)3-2-4-20(16)34(23(22)36)12-24(27,28)29/h2-5,7,9-11,13,22H,6,8,12H2,1H3/t22-/m1/s1. The van der Waals surface area contributed by atoms with Gasteiger partial charge in [0.15, 0.2) is 0 Å². The number of hydrogen-bond donors (Lipinski definition) is 0. The Morgan fingerprint density at radius 3 is 2.64 bits per heavy atom. The topological polar surface area (TPSA) is 68.8 Å². The number of fused-ring (bicyclic) bond motifs is 1. The molecule has 2 aromatic carbocycles. The molecule has 4 aromatic rings. The van der Waals surface area contributed by atoms with Crippen LogP contribution in [0.4, 0.5) is 23.2 Å². The van der Waals surface area contributed by atoms with Crippen molar-refractivity contribution in [1.82, 2.24) is 24.5 Å². The molecule has 0 N–H and O–H groups in total. The number of alkyl halides is 3. The second-order valence-electron chi connectivity index (χ2n) is 8.50. The van der Waals surface area contributed by atoms with Crippen molar-refractivity contribution in [2.45, 2.75) is 32.0 Å². The van der Waals surface area contributed by atoms with Crippen LogP contribution >= 0.6 is 15.9 Å². The van der Waals surface area contributed by atoms with Gasteiger partial charge in [-0.15, -0.1) is 5.10 Å². The summed E-state index contributed by atoms with van der Waals surface area (Å²) in [6.45, 7) is 0.372. The van der Waals surface area contributed by atoms with Gasteiger partial charge in [-0.2, -0.15) is 13.2 Å². The van der Waals surface area contributed by atoms with E-state index in [0.717, 1.165) is 10.6 Å². The quantitative estimate of drug-likeness (QED) is 0.311. The van der Waals surface area contributed by atoms with E-state index >= 15 is 0 Å². The number of rotatable bonds is 4. The number of amides is 1. The molecular formula is C24H19BrF4N6O. The molecule has 12 heteroatoms. The molecule has 3 heterocycles. The monoisotopic (exact) mass is 562 g/mol. The molecule has 0 bridgehead atoms. The van der Waals surface area contributed by atoms with E-state index < -0.39 is 30.5 Å². The SMILES string of the molecule is Cc1cn(-c2ccc(-c3cn([C@@H]4CCc5c(Br)cccc5N(CC(F)(F)F)C4=O)nn3)cc2F)cn1. The van der Waals surface area contributed by atoms with E-state index in [0.29, 0.717) is 33.4 Å². The van der Waals surface area contributed by atoms with Gasteiger partial charge in [0.05, 0.1) is 23.9 Å². The second-order valence-corrected chi connectivity index (χ2v) is 9.36. The van der Waals surface area contributed by atoms with Gasteiger partial charge in [0, 0.05) is 21.9 Å². The summed E-state index contributed by atoms with van der Waals surface area (Å²) in [5.74, 6) is -1.25. The van der Waals surface area contributed by atoms with E-state index in [2.05, 4.69) is 31.2 Å². The van der Waals surface area contributed by atoms with E-state index in [1.807, 2.05) is 0 Å². The van der Waals surface area contributed by atoms with Crippen LogP contribution in [-0.4, -0.2) is 43.2 Å². The molecule has 0 saturated heterocycles. The lowest BCUT2D eigenvalue weighted by Crippen LogP contribution is -2.42. The van der Waals surface area contributed by atoms with Crippen molar-refractivity contribution in [3.8, 4) is 16.9 Å². The zero-order valence-corrected chi connectivity index (χ0v) is 20.5. The van der Waals surface area contributed by atoms with Crippen LogP contribution in [0.25, 0.3) is 16.9 Å². The third-order valence-electron chi connectivity index (χ3n) is 6.00. The van der Waals surface area contributed by atoms with Crippen LogP contribution in [-0.2, 0) is 11.2 Å². The molecule has 2 aromatic heterocycles. The molecule has 1 aliphatic rings. The number of nitrogens with zero attached hydrogens (tertiary/aromatic N) is 6. The Morgan fingerprint density at radius 1 is 1.14 bits per heavy atom. The van der Waals surface area contributed by atoms with Crippen molar-refractivity contribution >= 4 is 27.5 Å². The number of halogens is 5. The maximum absolute atomic E-state index is 14.8. The first-order valence-electron chi connectivity index (χ1n) is 11.0. The maximum atomic E-state index is 14.8. The van der Waals surface area contributed by atoms with Gasteiger partial charge < -0.3 is 9.47 Å². The van der Waals surface area contributed by atoms with Gasteiger partial charge in [-0.05, 0) is 49.6 Å². The molecule has 0 fully saturated rings. The molecule has 5 rings (SSSR count). The number of aromatic nitrogens is 5. The van der Waals surface area contributed by atoms with Gasteiger partial charge in [-0.25, -0.2) is 14.1 Å². The van der Waals surface area contributed by atoms with Gasteiger partial charge >= 0.3 is 6.18 Å². The zero-order chi connectivity index (χ0) is 25.6. The highest BCUT2D eigenvalue weighted by Gasteiger charge is 2.40. The Morgan fingerprint density at radius 2 is 1.94 bits per heavy atom. The van der Waals surface area contributed by atoms with Crippen LogP contribution in [0.5, 0.6) is 0 Å². The average Bonchev–Trinajstić information content (AvgIpc) is 3.44. The van der Waals surface area contributed by atoms with Crippen LogP contribution in [0.3, 0.4) is 0 Å². The number of anilines is 1. The lowest BCUT2D eigenvalue weighted by atomic mass is 10.1. The molecule has 1 aliphatic heterocycles. The molecule has 1 amide bonds. The van der Waals surface area contributed by atoms with Crippen molar-refractivity contribution in [2.24, 2.45) is 0 Å². The summed E-state index contributed by atoms with van der Waals surface area (Å²) in [5.41, 5.74) is 2.58. The predicted molar refractivity (Wildman–Crippen MR) is 127 cm³/mol. The van der Waals surface area contributed by atoms with E-state index in [1.54, 1.807) is 42.0 Å². The van der Waals surface area contributed by atoms with Crippen molar-refractivity contribution in [3.63, 3.8) is 0 Å². The summed E-state index contributed by atoms with van der Waals surface area (Å²) in [6, 6.07) is 8.33. The number of carbonyl (C=O) groups is 1. The number of hydrogen-bond acceptors (Lipinski definition) is 4. The Labute approximate surface area is 211 Å². The van der Waals surface area contributed by atoms with E-state index in [4.69, 9.17) is 0 Å². The number of imidazole rings is 1. The van der Waals surface area contributed by atoms with E-state index in [9.17, 15) is 22.4 Å². The van der Waals surface area contributed by atoms with Gasteiger partial charge in [0.25, 0.3) is 5.91 Å². The van der Waals surface area contributed by atoms with Crippen LogP contribution in [0, 0.1) is 12.7 Å². The van der Waals surface area contributed by atoms with Crippen LogP contribution in [0.1, 0.15) is 23.7 Å². The molecule has 0 saturated carbocycles. The minimum atomic E-state index is -4.59. The third-order valence-corrected chi connectivity index (χ3v) is 6.75. The fraction of sp³-hybridized carbons (Fsp3) is 0.250. The van der Waals surface area contributed by atoms with Crippen molar-refractivity contribution in [1.29, 1.82) is 0 Å². The molecule has 0 spiro atoms. The largest absolute Gasteiger partial charge is 0.406 e. The first-order valence-corrected chi connectivity index (χ1v) is 11.8. The van der Waals surface area contributed by atoms with Crippen molar-refractivity contribution in [3.05, 3.63) is 76.7 Å². The molecule has 7 nitrogen and oxygen atoms in total. The second kappa shape index (κ2) is 9.16. The molecule has 186 valence electrons. The lowest BCUT2D eigenvalue weighted by molar-refractivity contribution is -0.134. The molecule has 0 radical (unpaired) electrons. The van der Waals surface area contributed by atoms with Crippen LogP contribution in [0.2, 0.25) is 0 Å². The first-order chi connectivity index (χ1) is 17.1. The molecule has 36 heavy (non-hydrogen) atoms. The van der Waals surface area contributed by atoms with Crippen molar-refractivity contribution < 1.29 is 22.4 Å². The molecule has 0 unspecified atom stereocenters. The predicted octanol–water partition coefficient (Wildman–Crippen LogP) is 5.42. The smallest absolute Gasteiger partial charge is 0.303 e. The highest BCUT2D eigenvalue weighted by atomic mass is 79.9. The summed E-state index contributed by atoms with van der Waals surface area (Å²) >= 11 is 3.39. The van der Waals surface area contributed by atoms with E-state index in [-0.39, 0.29) is 12.1 Å². The summed E-state index contributed by atoms with van der Waals surface area (Å²) in [4.78, 5) is 18.2. The summed E-state index contributed by atoms with van der Waals surface area (Å²) in [5, 5.41) is 8.09. The van der Waals surface area contributed by atoms with Gasteiger partial charge in [0.2, 0.25) is 0 Å². The van der Waals surface area contributed by atoms with Crippen molar-refractivity contribution in [2.75, 3.05) is 11.4 Å². The normalized spacial score (nSPS) is 16.2. The van der Waals surface area contributed by atoms with E-state index in [1.165, 1.54) is 29.3 Å². The highest BCUT2D eigenvalue weighted by molar-refractivity contribution is 9.10. The van der Waals surface area contributed by atoms with Crippen LogP contribution in [0.15, 0.2) is 59.6 Å². The third kappa shape index (κ3) is 4.64. The summed E-state index contributed by atoms with van der Waals surface area (Å²) in [7, 11) is 0. The molecular weight excluding hydrogens is 544 g/mol. The Hall–Kier alpha value is -3.54. The number of benzene rings is 2. The highest BCUT2D eigenvalue weighted by Crippen LogP contribution is 2.37. The lowest BCUT2D eigenvalue weighted by Gasteiger charge is -2.27. The number of carbonyl (C=O) groups excluding carboxylic acids is 1. The fourth-order valence-electron chi connectivity index (χ4n) is 4.33. The van der Waals surface area contributed by atoms with Gasteiger partial charge in [0.1, 0.15) is 24.1 Å². The fourth-order valence-corrected chi connectivity index (χ4v) is 4.88. The summed E-state index contributed by atoms with van der Waals surface area (Å²) < 4.78 is 58.5. The first kappa shape index (κ1) is 24.2.